The first-order chi connectivity index (χ1) is 13.8. The van der Waals surface area contributed by atoms with Crippen LogP contribution in [0.4, 0.5) is 5.82 Å². The van der Waals surface area contributed by atoms with E-state index < -0.39 is 0 Å². The molecule has 6 nitrogen and oxygen atoms in total. The number of aromatic nitrogens is 2. The van der Waals surface area contributed by atoms with Crippen LogP contribution < -0.4 is 15.5 Å². The van der Waals surface area contributed by atoms with E-state index >= 15 is 0 Å². The first-order valence-corrected chi connectivity index (χ1v) is 9.47. The minimum atomic E-state index is -0.146. The van der Waals surface area contributed by atoms with Crippen molar-refractivity contribution in [1.29, 1.82) is 0 Å². The fourth-order valence-electron chi connectivity index (χ4n) is 3.35. The first-order valence-electron chi connectivity index (χ1n) is 9.47. The summed E-state index contributed by atoms with van der Waals surface area (Å²) in [6, 6.07) is 20.1. The lowest BCUT2D eigenvalue weighted by molar-refractivity contribution is 0.0950. The molecule has 4 rings (SSSR count). The predicted octanol–water partition coefficient (Wildman–Crippen LogP) is 2.56. The molecule has 0 spiro atoms. The van der Waals surface area contributed by atoms with Gasteiger partial charge in [0.1, 0.15) is 5.82 Å². The topological polar surface area (TPSA) is 70.2 Å². The molecule has 6 heteroatoms. The van der Waals surface area contributed by atoms with Crippen LogP contribution in [0, 0.1) is 0 Å². The van der Waals surface area contributed by atoms with E-state index in [0.717, 1.165) is 31.1 Å². The van der Waals surface area contributed by atoms with Crippen molar-refractivity contribution in [3.8, 4) is 0 Å². The molecule has 0 unspecified atom stereocenters. The fourth-order valence-corrected chi connectivity index (χ4v) is 3.35. The number of carbonyl (C=O) groups excluding carboxylic acids is 1. The molecule has 28 heavy (non-hydrogen) atoms. The number of rotatable bonds is 5. The summed E-state index contributed by atoms with van der Waals surface area (Å²) in [6.45, 7) is 3.04. The third-order valence-corrected chi connectivity index (χ3v) is 4.87. The maximum Gasteiger partial charge on any atom is 0.253 e. The Kier molecular flexibility index (Phi) is 5.58. The summed E-state index contributed by atoms with van der Waals surface area (Å²) in [6.07, 6.45) is 3.36. The molecule has 1 saturated heterocycles. The number of carbonyl (C=O) groups is 1. The Morgan fingerprint density at radius 3 is 2.68 bits per heavy atom. The van der Waals surface area contributed by atoms with Crippen molar-refractivity contribution in [2.75, 3.05) is 24.5 Å². The Balaban J connectivity index is 1.38. The summed E-state index contributed by atoms with van der Waals surface area (Å²) in [5.74, 6) is 0.746. The standard InChI is InChI=1S/C22H23N5O/c28-22(26-15-19-8-4-5-11-23-19)18-9-10-21(25-14-18)27-13-12-24-20(16-27)17-6-2-1-3-7-17/h1-11,14,20,24H,12-13,15-16H2,(H,26,28)/t20-/m0/s1. The highest BCUT2D eigenvalue weighted by molar-refractivity contribution is 5.94. The largest absolute Gasteiger partial charge is 0.353 e. The molecule has 1 fully saturated rings. The van der Waals surface area contributed by atoms with E-state index in [1.54, 1.807) is 12.4 Å². The van der Waals surface area contributed by atoms with Crippen LogP contribution in [0.1, 0.15) is 27.7 Å². The van der Waals surface area contributed by atoms with E-state index in [0.29, 0.717) is 12.1 Å². The van der Waals surface area contributed by atoms with Crippen LogP contribution in [0.5, 0.6) is 0 Å². The van der Waals surface area contributed by atoms with Gasteiger partial charge in [0, 0.05) is 38.1 Å². The smallest absolute Gasteiger partial charge is 0.253 e. The van der Waals surface area contributed by atoms with Gasteiger partial charge in [0.25, 0.3) is 5.91 Å². The normalized spacial score (nSPS) is 16.6. The third kappa shape index (κ3) is 4.35. The molecule has 3 heterocycles. The zero-order valence-electron chi connectivity index (χ0n) is 15.6. The van der Waals surface area contributed by atoms with Gasteiger partial charge in [-0.1, -0.05) is 36.4 Å². The Morgan fingerprint density at radius 1 is 1.07 bits per heavy atom. The molecule has 1 amide bonds. The molecule has 1 aromatic carbocycles. The van der Waals surface area contributed by atoms with Gasteiger partial charge in [-0.05, 0) is 29.8 Å². The second-order valence-electron chi connectivity index (χ2n) is 6.77. The predicted molar refractivity (Wildman–Crippen MR) is 109 cm³/mol. The number of anilines is 1. The minimum absolute atomic E-state index is 0.146. The van der Waals surface area contributed by atoms with Crippen molar-refractivity contribution < 1.29 is 4.79 Å². The van der Waals surface area contributed by atoms with Gasteiger partial charge in [-0.2, -0.15) is 0 Å². The van der Waals surface area contributed by atoms with Crippen molar-refractivity contribution in [3.63, 3.8) is 0 Å². The average Bonchev–Trinajstić information content (AvgIpc) is 2.79. The van der Waals surface area contributed by atoms with E-state index in [1.165, 1.54) is 5.56 Å². The van der Waals surface area contributed by atoms with E-state index in [9.17, 15) is 4.79 Å². The molecule has 1 aliphatic heterocycles. The Labute approximate surface area is 164 Å². The van der Waals surface area contributed by atoms with Gasteiger partial charge in [0.15, 0.2) is 0 Å². The molecule has 2 aromatic heterocycles. The highest BCUT2D eigenvalue weighted by Crippen LogP contribution is 2.21. The Bertz CT molecular complexity index is 899. The Morgan fingerprint density at radius 2 is 1.93 bits per heavy atom. The van der Waals surface area contributed by atoms with Gasteiger partial charge in [0.05, 0.1) is 17.8 Å². The summed E-state index contributed by atoms with van der Waals surface area (Å²) in [5.41, 5.74) is 2.65. The molecule has 3 aromatic rings. The molecule has 1 atom stereocenters. The van der Waals surface area contributed by atoms with Crippen molar-refractivity contribution in [1.82, 2.24) is 20.6 Å². The molecule has 1 aliphatic rings. The van der Waals surface area contributed by atoms with Gasteiger partial charge >= 0.3 is 0 Å². The number of benzene rings is 1. The van der Waals surface area contributed by atoms with E-state index in [4.69, 9.17) is 0 Å². The number of nitrogens with zero attached hydrogens (tertiary/aromatic N) is 3. The van der Waals surface area contributed by atoms with Gasteiger partial charge in [0.2, 0.25) is 0 Å². The molecular weight excluding hydrogens is 350 g/mol. The Hall–Kier alpha value is -3.25. The molecule has 0 radical (unpaired) electrons. The van der Waals surface area contributed by atoms with Crippen molar-refractivity contribution in [3.05, 3.63) is 89.9 Å². The fraction of sp³-hybridized carbons (Fsp3) is 0.227. The number of hydrogen-bond acceptors (Lipinski definition) is 5. The van der Waals surface area contributed by atoms with E-state index in [2.05, 4.69) is 49.8 Å². The maximum absolute atomic E-state index is 12.3. The van der Waals surface area contributed by atoms with Crippen LogP contribution in [-0.2, 0) is 6.54 Å². The second-order valence-corrected chi connectivity index (χ2v) is 6.77. The number of piperazine rings is 1. The van der Waals surface area contributed by atoms with Crippen LogP contribution >= 0.6 is 0 Å². The molecule has 142 valence electrons. The monoisotopic (exact) mass is 373 g/mol. The molecule has 0 saturated carbocycles. The van der Waals surface area contributed by atoms with Gasteiger partial charge in [-0.3, -0.25) is 9.78 Å². The molecule has 2 N–H and O–H groups in total. The first kappa shape index (κ1) is 18.1. The quantitative estimate of drug-likeness (QED) is 0.719. The minimum Gasteiger partial charge on any atom is -0.353 e. The average molecular weight is 373 g/mol. The number of amides is 1. The zero-order valence-corrected chi connectivity index (χ0v) is 15.6. The highest BCUT2D eigenvalue weighted by atomic mass is 16.1. The third-order valence-electron chi connectivity index (χ3n) is 4.87. The number of nitrogens with one attached hydrogen (secondary N) is 2. The second kappa shape index (κ2) is 8.63. The van der Waals surface area contributed by atoms with Crippen LogP contribution in [0.15, 0.2) is 73.1 Å². The summed E-state index contributed by atoms with van der Waals surface area (Å²) in [5, 5.41) is 6.44. The van der Waals surface area contributed by atoms with Crippen molar-refractivity contribution >= 4 is 11.7 Å². The highest BCUT2D eigenvalue weighted by Gasteiger charge is 2.21. The molecular formula is C22H23N5O. The summed E-state index contributed by atoms with van der Waals surface area (Å²) >= 11 is 0. The summed E-state index contributed by atoms with van der Waals surface area (Å²) in [7, 11) is 0. The SMILES string of the molecule is O=C(NCc1ccccn1)c1ccc(N2CCN[C@H](c3ccccc3)C2)nc1. The lowest BCUT2D eigenvalue weighted by Crippen LogP contribution is -2.46. The maximum atomic E-state index is 12.3. The van der Waals surface area contributed by atoms with Gasteiger partial charge in [-0.25, -0.2) is 4.98 Å². The van der Waals surface area contributed by atoms with E-state index in [-0.39, 0.29) is 11.9 Å². The molecule has 0 aliphatic carbocycles. The van der Waals surface area contributed by atoms with Crippen LogP contribution in [0.25, 0.3) is 0 Å². The van der Waals surface area contributed by atoms with Crippen LogP contribution in [0.3, 0.4) is 0 Å². The van der Waals surface area contributed by atoms with Gasteiger partial charge in [-0.15, -0.1) is 0 Å². The van der Waals surface area contributed by atoms with E-state index in [1.807, 2.05) is 36.4 Å². The zero-order chi connectivity index (χ0) is 19.2. The summed E-state index contributed by atoms with van der Waals surface area (Å²) < 4.78 is 0. The van der Waals surface area contributed by atoms with Crippen LogP contribution in [0.2, 0.25) is 0 Å². The van der Waals surface area contributed by atoms with Gasteiger partial charge < -0.3 is 15.5 Å². The lowest BCUT2D eigenvalue weighted by Gasteiger charge is -2.34. The number of hydrogen-bond donors (Lipinski definition) is 2. The lowest BCUT2D eigenvalue weighted by atomic mass is 10.0. The van der Waals surface area contributed by atoms with Crippen LogP contribution in [-0.4, -0.2) is 35.5 Å². The van der Waals surface area contributed by atoms with Crippen molar-refractivity contribution in [2.24, 2.45) is 0 Å². The molecule has 0 bridgehead atoms. The van der Waals surface area contributed by atoms with Crippen molar-refractivity contribution in [2.45, 2.75) is 12.6 Å². The number of pyridine rings is 2. The summed E-state index contributed by atoms with van der Waals surface area (Å²) in [4.78, 5) is 23.3.